The van der Waals surface area contributed by atoms with Crippen LogP contribution in [0.4, 0.5) is 5.13 Å². The zero-order valence-corrected chi connectivity index (χ0v) is 14.4. The molecule has 0 aliphatic heterocycles. The molecule has 0 aliphatic rings. The summed E-state index contributed by atoms with van der Waals surface area (Å²) in [5.41, 5.74) is 0.388. The van der Waals surface area contributed by atoms with Gasteiger partial charge in [-0.3, -0.25) is 14.9 Å². The van der Waals surface area contributed by atoms with Crippen LogP contribution in [0, 0.1) is 0 Å². The van der Waals surface area contributed by atoms with E-state index in [4.69, 9.17) is 4.74 Å². The van der Waals surface area contributed by atoms with Crippen molar-refractivity contribution >= 4 is 28.3 Å². The number of nitrogens with zero attached hydrogens (tertiary/aromatic N) is 2. The van der Waals surface area contributed by atoms with Gasteiger partial charge in [-0.05, 0) is 30.7 Å². The molecule has 0 radical (unpaired) electrons. The lowest BCUT2D eigenvalue weighted by atomic mass is 9.91. The lowest BCUT2D eigenvalue weighted by Gasteiger charge is -2.17. The van der Waals surface area contributed by atoms with E-state index in [1.54, 1.807) is 24.3 Å². The molecule has 0 atom stereocenters. The number of amides is 1. The average molecular weight is 333 g/mol. The molecule has 122 valence electrons. The van der Waals surface area contributed by atoms with Crippen LogP contribution in [0.25, 0.3) is 0 Å². The second kappa shape index (κ2) is 6.87. The third kappa shape index (κ3) is 4.35. The van der Waals surface area contributed by atoms with E-state index in [9.17, 15) is 9.59 Å². The molecule has 0 aliphatic carbocycles. The van der Waals surface area contributed by atoms with Crippen molar-refractivity contribution in [3.8, 4) is 5.75 Å². The zero-order chi connectivity index (χ0) is 17.0. The third-order valence-corrected chi connectivity index (χ3v) is 4.69. The van der Waals surface area contributed by atoms with Gasteiger partial charge in [0.2, 0.25) is 5.13 Å². The average Bonchev–Trinajstić information content (AvgIpc) is 2.96. The van der Waals surface area contributed by atoms with E-state index in [2.05, 4.69) is 36.3 Å². The van der Waals surface area contributed by atoms with Crippen LogP contribution in [0.3, 0.4) is 0 Å². The third-order valence-electron chi connectivity index (χ3n) is 3.49. The maximum atomic E-state index is 12.2. The number of benzene rings is 1. The maximum Gasteiger partial charge on any atom is 0.308 e. The smallest absolute Gasteiger partial charge is 0.308 e. The molecule has 2 aromatic rings. The highest BCUT2D eigenvalue weighted by Gasteiger charge is 2.23. The molecule has 1 amide bonds. The van der Waals surface area contributed by atoms with E-state index in [0.29, 0.717) is 16.4 Å². The van der Waals surface area contributed by atoms with E-state index in [1.165, 1.54) is 18.3 Å². The van der Waals surface area contributed by atoms with Gasteiger partial charge in [0, 0.05) is 17.9 Å². The second-order valence-electron chi connectivity index (χ2n) is 5.72. The van der Waals surface area contributed by atoms with Crippen LogP contribution in [-0.2, 0) is 10.2 Å². The molecular formula is C16H19N3O3S. The van der Waals surface area contributed by atoms with Crippen LogP contribution < -0.4 is 10.1 Å². The van der Waals surface area contributed by atoms with Gasteiger partial charge in [0.1, 0.15) is 10.8 Å². The number of carbonyl (C=O) groups excluding carboxylic acids is 2. The molecule has 1 heterocycles. The number of ether oxygens (including phenoxy) is 1. The highest BCUT2D eigenvalue weighted by atomic mass is 32.1. The summed E-state index contributed by atoms with van der Waals surface area (Å²) in [6.45, 7) is 7.59. The summed E-state index contributed by atoms with van der Waals surface area (Å²) in [4.78, 5) is 23.1. The highest BCUT2D eigenvalue weighted by Crippen LogP contribution is 2.31. The largest absolute Gasteiger partial charge is 0.427 e. The first kappa shape index (κ1) is 17.1. The van der Waals surface area contributed by atoms with Crippen LogP contribution in [0.1, 0.15) is 49.5 Å². The van der Waals surface area contributed by atoms with Crippen LogP contribution in [0.15, 0.2) is 24.3 Å². The summed E-state index contributed by atoms with van der Waals surface area (Å²) in [7, 11) is 0. The predicted molar refractivity (Wildman–Crippen MR) is 88.9 cm³/mol. The molecule has 0 saturated carbocycles. The minimum atomic E-state index is -0.401. The molecule has 0 saturated heterocycles. The van der Waals surface area contributed by atoms with Gasteiger partial charge in [0.25, 0.3) is 5.91 Å². The Morgan fingerprint density at radius 2 is 1.87 bits per heavy atom. The van der Waals surface area contributed by atoms with Gasteiger partial charge in [-0.2, -0.15) is 0 Å². The lowest BCUT2D eigenvalue weighted by molar-refractivity contribution is -0.131. The van der Waals surface area contributed by atoms with Crippen LogP contribution in [-0.4, -0.2) is 22.1 Å². The van der Waals surface area contributed by atoms with E-state index in [-0.39, 0.29) is 11.3 Å². The van der Waals surface area contributed by atoms with E-state index < -0.39 is 5.97 Å². The Morgan fingerprint density at radius 3 is 2.43 bits per heavy atom. The normalized spacial score (nSPS) is 11.1. The van der Waals surface area contributed by atoms with Gasteiger partial charge >= 0.3 is 5.97 Å². The summed E-state index contributed by atoms with van der Waals surface area (Å²) < 4.78 is 4.93. The van der Waals surface area contributed by atoms with E-state index in [0.717, 1.165) is 11.4 Å². The summed E-state index contributed by atoms with van der Waals surface area (Å²) in [6.07, 6.45) is 0.938. The molecule has 7 heteroatoms. The van der Waals surface area contributed by atoms with Crippen LogP contribution in [0.5, 0.6) is 5.75 Å². The minimum absolute atomic E-state index is 0.0632. The van der Waals surface area contributed by atoms with E-state index >= 15 is 0 Å². The maximum absolute atomic E-state index is 12.2. The van der Waals surface area contributed by atoms with Crippen molar-refractivity contribution in [1.82, 2.24) is 10.2 Å². The molecule has 1 aromatic heterocycles. The monoisotopic (exact) mass is 333 g/mol. The molecule has 0 bridgehead atoms. The van der Waals surface area contributed by atoms with Gasteiger partial charge in [-0.25, -0.2) is 0 Å². The first-order valence-electron chi connectivity index (χ1n) is 7.25. The van der Waals surface area contributed by atoms with Crippen LogP contribution in [0.2, 0.25) is 0 Å². The van der Waals surface area contributed by atoms with E-state index in [1.807, 2.05) is 0 Å². The summed E-state index contributed by atoms with van der Waals surface area (Å²) >= 11 is 1.38. The molecular weight excluding hydrogens is 314 g/mol. The van der Waals surface area contributed by atoms with Gasteiger partial charge in [-0.1, -0.05) is 32.1 Å². The van der Waals surface area contributed by atoms with Crippen molar-refractivity contribution in [1.29, 1.82) is 0 Å². The number of anilines is 1. The zero-order valence-electron chi connectivity index (χ0n) is 13.5. The molecule has 2 rings (SSSR count). The summed E-state index contributed by atoms with van der Waals surface area (Å²) in [5, 5.41) is 12.3. The lowest BCUT2D eigenvalue weighted by Crippen LogP contribution is -2.14. The SMILES string of the molecule is CCC(C)(C)c1nnc(NC(=O)c2ccc(OC(C)=O)cc2)s1. The Hall–Kier alpha value is -2.28. The van der Waals surface area contributed by atoms with Crippen molar-refractivity contribution in [3.05, 3.63) is 34.8 Å². The van der Waals surface area contributed by atoms with Gasteiger partial charge in [0.05, 0.1) is 0 Å². The number of aromatic nitrogens is 2. The first-order valence-corrected chi connectivity index (χ1v) is 8.07. The fourth-order valence-corrected chi connectivity index (χ4v) is 2.62. The quantitative estimate of drug-likeness (QED) is 0.670. The molecule has 1 N–H and O–H groups in total. The van der Waals surface area contributed by atoms with Crippen molar-refractivity contribution < 1.29 is 14.3 Å². The molecule has 0 spiro atoms. The predicted octanol–water partition coefficient (Wildman–Crippen LogP) is 3.40. The Kier molecular flexibility index (Phi) is 5.10. The molecule has 23 heavy (non-hydrogen) atoms. The van der Waals surface area contributed by atoms with Gasteiger partial charge < -0.3 is 4.74 Å². The number of rotatable bonds is 5. The molecule has 0 fully saturated rings. The Bertz CT molecular complexity index is 708. The Morgan fingerprint density at radius 1 is 1.22 bits per heavy atom. The molecule has 6 nitrogen and oxygen atoms in total. The van der Waals surface area contributed by atoms with Crippen molar-refractivity contribution in [2.75, 3.05) is 5.32 Å². The second-order valence-corrected chi connectivity index (χ2v) is 6.70. The van der Waals surface area contributed by atoms with Gasteiger partial charge in [0.15, 0.2) is 0 Å². The first-order chi connectivity index (χ1) is 10.8. The Balaban J connectivity index is 2.06. The summed E-state index contributed by atoms with van der Waals surface area (Å²) in [5.74, 6) is -0.282. The van der Waals surface area contributed by atoms with Crippen molar-refractivity contribution in [3.63, 3.8) is 0 Å². The molecule has 0 unspecified atom stereocenters. The number of hydrogen-bond donors (Lipinski definition) is 1. The topological polar surface area (TPSA) is 81.2 Å². The fourth-order valence-electron chi connectivity index (χ4n) is 1.71. The number of nitrogens with one attached hydrogen (secondary N) is 1. The number of esters is 1. The van der Waals surface area contributed by atoms with Crippen LogP contribution >= 0.6 is 11.3 Å². The fraction of sp³-hybridized carbons (Fsp3) is 0.375. The minimum Gasteiger partial charge on any atom is -0.427 e. The number of hydrogen-bond acceptors (Lipinski definition) is 6. The number of carbonyl (C=O) groups is 2. The van der Waals surface area contributed by atoms with Crippen molar-refractivity contribution in [2.45, 2.75) is 39.5 Å². The van der Waals surface area contributed by atoms with Crippen molar-refractivity contribution in [2.24, 2.45) is 0 Å². The standard InChI is InChI=1S/C16H19N3O3S/c1-5-16(3,4)14-18-19-15(23-14)17-13(21)11-6-8-12(9-7-11)22-10(2)20/h6-9H,5H2,1-4H3,(H,17,19,21). The van der Waals surface area contributed by atoms with Gasteiger partial charge in [-0.15, -0.1) is 10.2 Å². The molecule has 1 aromatic carbocycles. The highest BCUT2D eigenvalue weighted by molar-refractivity contribution is 7.15. The Labute approximate surface area is 138 Å². The summed E-state index contributed by atoms with van der Waals surface area (Å²) in [6, 6.07) is 6.32.